The largest absolute Gasteiger partial charge is 0.325 e. The van der Waals surface area contributed by atoms with Crippen LogP contribution in [0.5, 0.6) is 0 Å². The summed E-state index contributed by atoms with van der Waals surface area (Å²) in [6.07, 6.45) is -1.08. The van der Waals surface area contributed by atoms with Gasteiger partial charge in [-0.2, -0.15) is 0 Å². The van der Waals surface area contributed by atoms with Crippen LogP contribution < -0.4 is 5.32 Å². The summed E-state index contributed by atoms with van der Waals surface area (Å²) in [6.45, 7) is 2.92. The molecule has 1 N–H and O–H groups in total. The van der Waals surface area contributed by atoms with Crippen molar-refractivity contribution in [1.29, 1.82) is 0 Å². The monoisotopic (exact) mass is 316 g/mol. The van der Waals surface area contributed by atoms with Gasteiger partial charge in [-0.25, -0.2) is 8.78 Å². The number of benzene rings is 1. The third-order valence-electron chi connectivity index (χ3n) is 3.81. The topological polar surface area (TPSA) is 32.3 Å². The number of hydrogen-bond donors (Lipinski definition) is 1. The zero-order valence-electron chi connectivity index (χ0n) is 11.9. The predicted octanol–water partition coefficient (Wildman–Crippen LogP) is 3.56. The molecular weight excluding hydrogens is 298 g/mol. The number of halogens is 3. The number of nitrogens with zero attached hydrogens (tertiary/aromatic N) is 1. The Morgan fingerprint density at radius 2 is 2.29 bits per heavy atom. The molecule has 1 aliphatic heterocycles. The fraction of sp³-hybridized carbons (Fsp3) is 0.533. The van der Waals surface area contributed by atoms with Gasteiger partial charge in [0.1, 0.15) is 0 Å². The molecule has 1 aromatic rings. The maximum Gasteiger partial charge on any atom is 0.242 e. The molecule has 0 aliphatic carbocycles. The second-order valence-electron chi connectivity index (χ2n) is 5.43. The van der Waals surface area contributed by atoms with Gasteiger partial charge >= 0.3 is 0 Å². The van der Waals surface area contributed by atoms with Crippen LogP contribution in [-0.4, -0.2) is 36.9 Å². The molecule has 2 rings (SSSR count). The van der Waals surface area contributed by atoms with E-state index in [4.69, 9.17) is 11.6 Å². The van der Waals surface area contributed by atoms with Crippen LogP contribution in [-0.2, 0) is 4.79 Å². The van der Waals surface area contributed by atoms with Crippen molar-refractivity contribution in [3.8, 4) is 0 Å². The number of rotatable bonds is 4. The summed E-state index contributed by atoms with van der Waals surface area (Å²) >= 11 is 6.00. The van der Waals surface area contributed by atoms with Crippen molar-refractivity contribution >= 4 is 23.2 Å². The van der Waals surface area contributed by atoms with Gasteiger partial charge in [0.2, 0.25) is 12.3 Å². The highest BCUT2D eigenvalue weighted by atomic mass is 35.5. The van der Waals surface area contributed by atoms with Gasteiger partial charge in [-0.3, -0.25) is 9.69 Å². The van der Waals surface area contributed by atoms with Crippen molar-refractivity contribution in [2.24, 2.45) is 5.92 Å². The van der Waals surface area contributed by atoms with Gasteiger partial charge < -0.3 is 5.32 Å². The van der Waals surface area contributed by atoms with E-state index in [1.807, 2.05) is 6.92 Å². The lowest BCUT2D eigenvalue weighted by atomic mass is 9.99. The summed E-state index contributed by atoms with van der Waals surface area (Å²) in [6, 6.07) is 5.29. The second kappa shape index (κ2) is 7.18. The second-order valence-corrected chi connectivity index (χ2v) is 5.84. The Morgan fingerprint density at radius 3 is 3.00 bits per heavy atom. The Balaban J connectivity index is 1.91. The van der Waals surface area contributed by atoms with Crippen molar-refractivity contribution in [3.05, 3.63) is 28.8 Å². The molecule has 1 saturated heterocycles. The first-order valence-electron chi connectivity index (χ1n) is 7.03. The highest BCUT2D eigenvalue weighted by Crippen LogP contribution is 2.24. The number of amides is 1. The van der Waals surface area contributed by atoms with E-state index in [1.54, 1.807) is 23.1 Å². The van der Waals surface area contributed by atoms with Gasteiger partial charge in [0.25, 0.3) is 0 Å². The fourth-order valence-electron chi connectivity index (χ4n) is 2.58. The number of likely N-dealkylation sites (tertiary alicyclic amines) is 1. The van der Waals surface area contributed by atoms with Crippen LogP contribution in [0.3, 0.4) is 0 Å². The van der Waals surface area contributed by atoms with E-state index in [2.05, 4.69) is 5.32 Å². The van der Waals surface area contributed by atoms with Gasteiger partial charge in [-0.1, -0.05) is 17.7 Å². The summed E-state index contributed by atoms with van der Waals surface area (Å²) in [5, 5.41) is 3.38. The Bertz CT molecular complexity index is 510. The van der Waals surface area contributed by atoms with Crippen molar-refractivity contribution in [2.75, 3.05) is 25.0 Å². The molecule has 6 heteroatoms. The van der Waals surface area contributed by atoms with E-state index in [-0.39, 0.29) is 19.0 Å². The molecule has 1 heterocycles. The van der Waals surface area contributed by atoms with Crippen LogP contribution in [0.15, 0.2) is 18.2 Å². The van der Waals surface area contributed by atoms with E-state index in [0.29, 0.717) is 30.1 Å². The Morgan fingerprint density at radius 1 is 1.52 bits per heavy atom. The van der Waals surface area contributed by atoms with Crippen LogP contribution in [0.2, 0.25) is 5.02 Å². The van der Waals surface area contributed by atoms with E-state index < -0.39 is 12.3 Å². The third kappa shape index (κ3) is 4.38. The SMILES string of the molecule is Cc1c(Cl)cccc1NC(=O)CN1CCCC(C(F)F)C1. The van der Waals surface area contributed by atoms with Crippen LogP contribution in [0.4, 0.5) is 14.5 Å². The van der Waals surface area contributed by atoms with Gasteiger partial charge in [0.05, 0.1) is 6.54 Å². The molecule has 0 radical (unpaired) electrons. The van der Waals surface area contributed by atoms with Crippen molar-refractivity contribution < 1.29 is 13.6 Å². The first kappa shape index (κ1) is 16.2. The number of carbonyl (C=O) groups is 1. The minimum atomic E-state index is -2.31. The molecule has 0 aromatic heterocycles. The van der Waals surface area contributed by atoms with Gasteiger partial charge in [-0.15, -0.1) is 0 Å². The minimum absolute atomic E-state index is 0.134. The maximum absolute atomic E-state index is 12.7. The first-order chi connectivity index (χ1) is 9.97. The van der Waals surface area contributed by atoms with Gasteiger partial charge in [-0.05, 0) is 44.0 Å². The fourth-order valence-corrected chi connectivity index (χ4v) is 2.75. The molecular formula is C15H19ClF2N2O. The Kier molecular flexibility index (Phi) is 5.53. The van der Waals surface area contributed by atoms with Crippen molar-refractivity contribution in [3.63, 3.8) is 0 Å². The molecule has 0 bridgehead atoms. The van der Waals surface area contributed by atoms with E-state index in [1.165, 1.54) is 0 Å². The molecule has 1 aromatic carbocycles. The zero-order chi connectivity index (χ0) is 15.4. The number of carbonyl (C=O) groups excluding carboxylic acids is 1. The molecule has 0 spiro atoms. The van der Waals surface area contributed by atoms with E-state index >= 15 is 0 Å². The highest BCUT2D eigenvalue weighted by molar-refractivity contribution is 6.31. The highest BCUT2D eigenvalue weighted by Gasteiger charge is 2.27. The number of nitrogens with one attached hydrogen (secondary N) is 1. The quantitative estimate of drug-likeness (QED) is 0.921. The van der Waals surface area contributed by atoms with Crippen LogP contribution in [0, 0.1) is 12.8 Å². The molecule has 0 saturated carbocycles. The maximum atomic E-state index is 12.7. The summed E-state index contributed by atoms with van der Waals surface area (Å²) in [5.41, 5.74) is 1.46. The number of anilines is 1. The Labute approximate surface area is 128 Å². The molecule has 3 nitrogen and oxygen atoms in total. The number of piperidine rings is 1. The average molecular weight is 317 g/mol. The van der Waals surface area contributed by atoms with Crippen molar-refractivity contribution in [2.45, 2.75) is 26.2 Å². The predicted molar refractivity (Wildman–Crippen MR) is 80.0 cm³/mol. The lowest BCUT2D eigenvalue weighted by Gasteiger charge is -2.31. The standard InChI is InChI=1S/C15H19ClF2N2O/c1-10-12(16)5-2-6-13(10)19-14(21)9-20-7-3-4-11(8-20)15(17)18/h2,5-6,11,15H,3-4,7-9H2,1H3,(H,19,21). The molecule has 1 fully saturated rings. The van der Waals surface area contributed by atoms with Gasteiger partial charge in [0.15, 0.2) is 0 Å². The molecule has 1 atom stereocenters. The summed E-state index contributed by atoms with van der Waals surface area (Å²) in [4.78, 5) is 13.8. The smallest absolute Gasteiger partial charge is 0.242 e. The molecule has 1 unspecified atom stereocenters. The average Bonchev–Trinajstić information content (AvgIpc) is 2.44. The summed E-state index contributed by atoms with van der Waals surface area (Å²) in [5.74, 6) is -0.824. The molecule has 116 valence electrons. The third-order valence-corrected chi connectivity index (χ3v) is 4.22. The molecule has 1 aliphatic rings. The lowest BCUT2D eigenvalue weighted by Crippen LogP contribution is -2.42. The van der Waals surface area contributed by atoms with Gasteiger partial charge in [0, 0.05) is 23.2 Å². The van der Waals surface area contributed by atoms with Crippen LogP contribution in [0.1, 0.15) is 18.4 Å². The van der Waals surface area contributed by atoms with E-state index in [9.17, 15) is 13.6 Å². The summed E-state index contributed by atoms with van der Waals surface area (Å²) in [7, 11) is 0. The number of alkyl halides is 2. The number of hydrogen-bond acceptors (Lipinski definition) is 2. The van der Waals surface area contributed by atoms with E-state index in [0.717, 1.165) is 5.56 Å². The lowest BCUT2D eigenvalue weighted by molar-refractivity contribution is -0.118. The molecule has 1 amide bonds. The first-order valence-corrected chi connectivity index (χ1v) is 7.40. The van der Waals surface area contributed by atoms with Crippen LogP contribution in [0.25, 0.3) is 0 Å². The normalized spacial score (nSPS) is 19.8. The van der Waals surface area contributed by atoms with Crippen LogP contribution >= 0.6 is 11.6 Å². The molecule has 21 heavy (non-hydrogen) atoms. The van der Waals surface area contributed by atoms with Crippen molar-refractivity contribution in [1.82, 2.24) is 4.90 Å². The minimum Gasteiger partial charge on any atom is -0.325 e. The zero-order valence-corrected chi connectivity index (χ0v) is 12.7. The Hall–Kier alpha value is -1.20. The summed E-state index contributed by atoms with van der Waals surface area (Å²) < 4.78 is 25.5.